The highest BCUT2D eigenvalue weighted by Gasteiger charge is 2.39. The number of nitrogens with zero attached hydrogens (tertiary/aromatic N) is 1. The third kappa shape index (κ3) is 8.88. The highest BCUT2D eigenvalue weighted by Crippen LogP contribution is 2.22. The molecule has 1 aliphatic heterocycles. The van der Waals surface area contributed by atoms with Crippen LogP contribution in [0.5, 0.6) is 0 Å². The molecule has 1 saturated heterocycles. The number of hydrogen-bond acceptors (Lipinski definition) is 5. The highest BCUT2D eigenvalue weighted by molar-refractivity contribution is 6.33. The third-order valence-electron chi connectivity index (χ3n) is 6.00. The molecule has 2 rings (SSSR count). The lowest BCUT2D eigenvalue weighted by Crippen LogP contribution is -2.57. The number of nitrogens with two attached hydrogens (primary N) is 1. The topological polar surface area (TPSA) is 170 Å². The second-order valence-electron chi connectivity index (χ2n) is 9.13. The molecule has 7 N–H and O–H groups in total. The minimum Gasteiger partial charge on any atom is -0.370 e. The van der Waals surface area contributed by atoms with E-state index in [1.807, 2.05) is 0 Å². The molecule has 11 nitrogen and oxygen atoms in total. The Morgan fingerprint density at radius 2 is 1.92 bits per heavy atom. The number of anilines is 1. The number of likely N-dealkylation sites (tertiary alicyclic amines) is 1. The van der Waals surface area contributed by atoms with Crippen LogP contribution in [0.3, 0.4) is 0 Å². The summed E-state index contributed by atoms with van der Waals surface area (Å²) in [7, 11) is 0. The number of Topliss-reactive ketones (excluding diaryl/α,β-unsaturated/α-hetero) is 1. The van der Waals surface area contributed by atoms with Crippen molar-refractivity contribution in [3.8, 4) is 0 Å². The van der Waals surface area contributed by atoms with Gasteiger partial charge in [-0.3, -0.25) is 19.8 Å². The Bertz CT molecular complexity index is 994. The van der Waals surface area contributed by atoms with Crippen molar-refractivity contribution >= 4 is 46.9 Å². The van der Waals surface area contributed by atoms with E-state index in [1.165, 1.54) is 4.90 Å². The Morgan fingerprint density at radius 1 is 1.22 bits per heavy atom. The van der Waals surface area contributed by atoms with Gasteiger partial charge in [-0.15, -0.1) is 0 Å². The largest absolute Gasteiger partial charge is 0.370 e. The molecule has 0 spiro atoms. The second-order valence-corrected chi connectivity index (χ2v) is 9.54. The lowest BCUT2D eigenvalue weighted by Gasteiger charge is -2.31. The summed E-state index contributed by atoms with van der Waals surface area (Å²) in [6, 6.07) is 3.22. The normalized spacial score (nSPS) is 16.6. The van der Waals surface area contributed by atoms with Gasteiger partial charge in [0.1, 0.15) is 18.8 Å². The molecular formula is C24H35ClFN7O4. The maximum Gasteiger partial charge on any atom is 0.319 e. The van der Waals surface area contributed by atoms with Crippen LogP contribution < -0.4 is 27.0 Å². The van der Waals surface area contributed by atoms with Gasteiger partial charge in [0, 0.05) is 13.1 Å². The molecule has 0 unspecified atom stereocenters. The predicted octanol–water partition coefficient (Wildman–Crippen LogP) is 1.76. The van der Waals surface area contributed by atoms with Gasteiger partial charge in [0.15, 0.2) is 11.7 Å². The number of guanidine groups is 1. The zero-order chi connectivity index (χ0) is 27.5. The van der Waals surface area contributed by atoms with E-state index in [2.05, 4.69) is 21.3 Å². The minimum atomic E-state index is -1.24. The fourth-order valence-corrected chi connectivity index (χ4v) is 4.24. The summed E-state index contributed by atoms with van der Waals surface area (Å²) in [4.78, 5) is 52.6. The predicted molar refractivity (Wildman–Crippen MR) is 139 cm³/mol. The van der Waals surface area contributed by atoms with Crippen molar-refractivity contribution in [3.63, 3.8) is 0 Å². The maximum atomic E-state index is 13.4. The number of carbonyl (C=O) groups excluding carboxylic acids is 4. The van der Waals surface area contributed by atoms with Crippen molar-refractivity contribution < 1.29 is 23.6 Å². The number of urea groups is 1. The number of hydrogen-bond donors (Lipinski definition) is 6. The number of halogens is 2. The Kier molecular flexibility index (Phi) is 11.6. The van der Waals surface area contributed by atoms with Crippen LogP contribution in [0.2, 0.25) is 5.02 Å². The van der Waals surface area contributed by atoms with Crippen LogP contribution in [0, 0.1) is 11.3 Å². The van der Waals surface area contributed by atoms with Crippen molar-refractivity contribution in [3.05, 3.63) is 29.3 Å². The van der Waals surface area contributed by atoms with E-state index in [9.17, 15) is 23.6 Å². The Labute approximate surface area is 220 Å². The summed E-state index contributed by atoms with van der Waals surface area (Å²) in [5.41, 5.74) is 5.61. The molecule has 1 heterocycles. The average molecular weight is 540 g/mol. The molecule has 1 fully saturated rings. The zero-order valence-electron chi connectivity index (χ0n) is 21.0. The Morgan fingerprint density at radius 3 is 2.54 bits per heavy atom. The first-order valence-electron chi connectivity index (χ1n) is 12.1. The first kappa shape index (κ1) is 29.8. The molecule has 1 aromatic rings. The van der Waals surface area contributed by atoms with Crippen LogP contribution in [-0.2, 0) is 14.4 Å². The molecule has 0 radical (unpaired) electrons. The molecule has 13 heteroatoms. The molecule has 204 valence electrons. The number of carbonyl (C=O) groups is 4. The molecule has 0 saturated carbocycles. The second kappa shape index (κ2) is 14.4. The van der Waals surface area contributed by atoms with Gasteiger partial charge in [-0.2, -0.15) is 0 Å². The highest BCUT2D eigenvalue weighted by atomic mass is 35.5. The summed E-state index contributed by atoms with van der Waals surface area (Å²) in [5.74, 6) is -2.28. The summed E-state index contributed by atoms with van der Waals surface area (Å²) < 4.78 is 13.1. The molecule has 37 heavy (non-hydrogen) atoms. The molecule has 0 aromatic heterocycles. The molecule has 4 amide bonds. The summed E-state index contributed by atoms with van der Waals surface area (Å²) >= 11 is 6.09. The SMILES string of the molecule is CC(C)[C@H](NC(=O)Nc1ccccc1Cl)C(=O)N1CCC[C@H]1C(=O)N[C@@H](CCCNC(=N)N)C(=O)CF. The zero-order valence-corrected chi connectivity index (χ0v) is 21.7. The van der Waals surface area contributed by atoms with Crippen LogP contribution in [-0.4, -0.2) is 72.4 Å². The molecule has 1 aromatic carbocycles. The summed E-state index contributed by atoms with van der Waals surface area (Å²) in [6.45, 7) is 2.90. The fourth-order valence-electron chi connectivity index (χ4n) is 4.06. The monoisotopic (exact) mass is 539 g/mol. The van der Waals surface area contributed by atoms with Crippen LogP contribution in [0.1, 0.15) is 39.5 Å². The molecule has 0 bridgehead atoms. The van der Waals surface area contributed by atoms with Gasteiger partial charge in [0.2, 0.25) is 11.8 Å². The van der Waals surface area contributed by atoms with Crippen LogP contribution in [0.25, 0.3) is 0 Å². The number of amides is 4. The number of benzene rings is 1. The quantitative estimate of drug-likeness (QED) is 0.134. The van der Waals surface area contributed by atoms with Crippen molar-refractivity contribution in [2.45, 2.75) is 57.7 Å². The number of para-hydroxylation sites is 1. The van der Waals surface area contributed by atoms with Crippen LogP contribution >= 0.6 is 11.6 Å². The van der Waals surface area contributed by atoms with Gasteiger partial charge in [-0.05, 0) is 43.7 Å². The van der Waals surface area contributed by atoms with E-state index in [0.717, 1.165) is 0 Å². The maximum absolute atomic E-state index is 13.4. The fraction of sp³-hybridized carbons (Fsp3) is 0.542. The molecule has 3 atom stereocenters. The van der Waals surface area contributed by atoms with Gasteiger partial charge in [0.25, 0.3) is 0 Å². The van der Waals surface area contributed by atoms with Crippen molar-refractivity contribution in [1.82, 2.24) is 20.9 Å². The van der Waals surface area contributed by atoms with E-state index in [-0.39, 0.29) is 24.8 Å². The lowest BCUT2D eigenvalue weighted by molar-refractivity contribution is -0.141. The molecule has 0 aliphatic carbocycles. The smallest absolute Gasteiger partial charge is 0.319 e. The van der Waals surface area contributed by atoms with Gasteiger partial charge >= 0.3 is 6.03 Å². The number of nitrogens with one attached hydrogen (secondary N) is 5. The van der Waals surface area contributed by atoms with Crippen molar-refractivity contribution in [2.75, 3.05) is 25.1 Å². The molecule has 1 aliphatic rings. The minimum absolute atomic E-state index is 0.147. The van der Waals surface area contributed by atoms with E-state index in [1.54, 1.807) is 38.1 Å². The third-order valence-corrected chi connectivity index (χ3v) is 6.33. The first-order chi connectivity index (χ1) is 17.5. The van der Waals surface area contributed by atoms with E-state index in [4.69, 9.17) is 22.7 Å². The Balaban J connectivity index is 2.06. The van der Waals surface area contributed by atoms with Gasteiger partial charge in [-0.1, -0.05) is 37.6 Å². The number of alkyl halides is 1. The molecular weight excluding hydrogens is 505 g/mol. The van der Waals surface area contributed by atoms with Gasteiger partial charge in [0.05, 0.1) is 16.8 Å². The summed E-state index contributed by atoms with van der Waals surface area (Å²) in [5, 5.41) is 18.0. The summed E-state index contributed by atoms with van der Waals surface area (Å²) in [6.07, 6.45) is 1.44. The van der Waals surface area contributed by atoms with E-state index in [0.29, 0.717) is 36.5 Å². The van der Waals surface area contributed by atoms with Crippen LogP contribution in [0.4, 0.5) is 14.9 Å². The number of ketones is 1. The van der Waals surface area contributed by atoms with E-state index < -0.39 is 48.4 Å². The van der Waals surface area contributed by atoms with Crippen molar-refractivity contribution in [1.29, 1.82) is 5.41 Å². The number of rotatable bonds is 12. The van der Waals surface area contributed by atoms with E-state index >= 15 is 0 Å². The standard InChI is InChI=1S/C24H35ClFN7O4/c1-14(2)20(32-24(37)31-16-8-4-3-7-15(16)25)22(36)33-12-6-10-18(33)21(35)30-17(19(34)13-26)9-5-11-29-23(27)28/h3-4,7-8,14,17-18,20H,5-6,9-13H2,1-2H3,(H,30,35)(H4,27,28,29)(H2,31,32,37)/t17-,18-,20-/m0/s1. The van der Waals surface area contributed by atoms with Crippen molar-refractivity contribution in [2.24, 2.45) is 11.7 Å². The average Bonchev–Trinajstić information content (AvgIpc) is 3.34. The lowest BCUT2D eigenvalue weighted by atomic mass is 10.0. The first-order valence-corrected chi connectivity index (χ1v) is 12.5. The van der Waals surface area contributed by atoms with Gasteiger partial charge in [-0.25, -0.2) is 9.18 Å². The van der Waals surface area contributed by atoms with Gasteiger partial charge < -0.3 is 31.9 Å². The van der Waals surface area contributed by atoms with Crippen LogP contribution in [0.15, 0.2) is 24.3 Å². The Hall–Kier alpha value is -3.41.